The van der Waals surface area contributed by atoms with Gasteiger partial charge in [-0.1, -0.05) is 18.2 Å². The van der Waals surface area contributed by atoms with E-state index in [9.17, 15) is 14.0 Å². The van der Waals surface area contributed by atoms with Crippen molar-refractivity contribution >= 4 is 23.6 Å². The number of hydrogen-bond acceptors (Lipinski definition) is 3. The van der Waals surface area contributed by atoms with Crippen LogP contribution in [0.15, 0.2) is 59.5 Å². The second-order valence-electron chi connectivity index (χ2n) is 5.51. The van der Waals surface area contributed by atoms with E-state index < -0.39 is 6.04 Å². The lowest BCUT2D eigenvalue weighted by molar-refractivity contribution is -0.122. The van der Waals surface area contributed by atoms with E-state index in [2.05, 4.69) is 10.6 Å². The molecular formula is C19H21FN2O2S. The fourth-order valence-electron chi connectivity index (χ4n) is 2.09. The SMILES string of the molecule is CC(NC(=O)c1ccccc1)C(=O)NCCCSc1ccc(F)cc1. The topological polar surface area (TPSA) is 58.2 Å². The molecule has 25 heavy (non-hydrogen) atoms. The summed E-state index contributed by atoms with van der Waals surface area (Å²) in [7, 11) is 0. The van der Waals surface area contributed by atoms with Crippen LogP contribution in [0.5, 0.6) is 0 Å². The van der Waals surface area contributed by atoms with E-state index in [4.69, 9.17) is 0 Å². The summed E-state index contributed by atoms with van der Waals surface area (Å²) >= 11 is 1.61. The van der Waals surface area contributed by atoms with Gasteiger partial charge in [-0.15, -0.1) is 11.8 Å². The highest BCUT2D eigenvalue weighted by atomic mass is 32.2. The van der Waals surface area contributed by atoms with Crippen molar-refractivity contribution in [3.8, 4) is 0 Å². The van der Waals surface area contributed by atoms with Gasteiger partial charge in [0.1, 0.15) is 11.9 Å². The predicted molar refractivity (Wildman–Crippen MR) is 98.1 cm³/mol. The van der Waals surface area contributed by atoms with E-state index in [0.29, 0.717) is 12.1 Å². The Morgan fingerprint density at radius 2 is 1.76 bits per heavy atom. The van der Waals surface area contributed by atoms with Crippen LogP contribution in [0.4, 0.5) is 4.39 Å². The summed E-state index contributed by atoms with van der Waals surface area (Å²) in [5.74, 6) is 0.0887. The van der Waals surface area contributed by atoms with Gasteiger partial charge in [0.2, 0.25) is 5.91 Å². The van der Waals surface area contributed by atoms with Crippen LogP contribution in [-0.4, -0.2) is 30.2 Å². The van der Waals surface area contributed by atoms with Gasteiger partial charge >= 0.3 is 0 Å². The maximum Gasteiger partial charge on any atom is 0.251 e. The third kappa shape index (κ3) is 6.58. The number of thioether (sulfide) groups is 1. The molecule has 4 nitrogen and oxygen atoms in total. The summed E-state index contributed by atoms with van der Waals surface area (Å²) in [6, 6.07) is 14.5. The Labute approximate surface area is 151 Å². The maximum absolute atomic E-state index is 12.8. The third-order valence-corrected chi connectivity index (χ3v) is 4.58. The quantitative estimate of drug-likeness (QED) is 0.561. The molecule has 0 bridgehead atoms. The van der Waals surface area contributed by atoms with Crippen LogP contribution in [0.25, 0.3) is 0 Å². The highest BCUT2D eigenvalue weighted by molar-refractivity contribution is 7.99. The van der Waals surface area contributed by atoms with Gasteiger partial charge < -0.3 is 10.6 Å². The van der Waals surface area contributed by atoms with Gasteiger partial charge in [0, 0.05) is 17.0 Å². The third-order valence-electron chi connectivity index (χ3n) is 3.48. The monoisotopic (exact) mass is 360 g/mol. The molecule has 2 aromatic rings. The zero-order chi connectivity index (χ0) is 18.1. The van der Waals surface area contributed by atoms with Gasteiger partial charge in [0.25, 0.3) is 5.91 Å². The number of carbonyl (C=O) groups is 2. The molecule has 0 fully saturated rings. The molecule has 0 spiro atoms. The van der Waals surface area contributed by atoms with Crippen LogP contribution in [0.1, 0.15) is 23.7 Å². The van der Waals surface area contributed by atoms with Crippen molar-refractivity contribution in [1.82, 2.24) is 10.6 Å². The van der Waals surface area contributed by atoms with E-state index in [1.165, 1.54) is 12.1 Å². The second kappa shape index (κ2) is 9.84. The number of hydrogen-bond donors (Lipinski definition) is 2. The zero-order valence-corrected chi connectivity index (χ0v) is 14.8. The number of rotatable bonds is 8. The molecule has 2 aromatic carbocycles. The highest BCUT2D eigenvalue weighted by Crippen LogP contribution is 2.18. The van der Waals surface area contributed by atoms with E-state index in [1.54, 1.807) is 55.1 Å². The molecule has 0 aliphatic carbocycles. The minimum absolute atomic E-state index is 0.212. The molecular weight excluding hydrogens is 339 g/mol. The number of carbonyl (C=O) groups excluding carboxylic acids is 2. The van der Waals surface area contributed by atoms with Crippen molar-refractivity contribution in [1.29, 1.82) is 0 Å². The number of benzene rings is 2. The van der Waals surface area contributed by atoms with Gasteiger partial charge in [0.15, 0.2) is 0 Å². The van der Waals surface area contributed by atoms with Crippen molar-refractivity contribution in [2.24, 2.45) is 0 Å². The van der Waals surface area contributed by atoms with Gasteiger partial charge in [-0.3, -0.25) is 9.59 Å². The van der Waals surface area contributed by atoms with Gasteiger partial charge in [-0.05, 0) is 55.5 Å². The first kappa shape index (κ1) is 19.0. The largest absolute Gasteiger partial charge is 0.354 e. The van der Waals surface area contributed by atoms with Crippen LogP contribution in [-0.2, 0) is 4.79 Å². The highest BCUT2D eigenvalue weighted by Gasteiger charge is 2.15. The molecule has 1 unspecified atom stereocenters. The Balaban J connectivity index is 1.64. The standard InChI is InChI=1S/C19H21FN2O2S/c1-14(22-19(24)15-6-3-2-4-7-15)18(23)21-12-5-13-25-17-10-8-16(20)9-11-17/h2-4,6-11,14H,5,12-13H2,1H3,(H,21,23)(H,22,24). The van der Waals surface area contributed by atoms with Gasteiger partial charge in [-0.2, -0.15) is 0 Å². The summed E-state index contributed by atoms with van der Waals surface area (Å²) in [6.07, 6.45) is 0.785. The fourth-order valence-corrected chi connectivity index (χ4v) is 2.95. The molecule has 0 aliphatic rings. The lowest BCUT2D eigenvalue weighted by atomic mass is 10.2. The minimum atomic E-state index is -0.600. The lowest BCUT2D eigenvalue weighted by Gasteiger charge is -2.14. The zero-order valence-electron chi connectivity index (χ0n) is 14.0. The van der Waals surface area contributed by atoms with Crippen LogP contribution >= 0.6 is 11.8 Å². The fraction of sp³-hybridized carbons (Fsp3) is 0.263. The average Bonchev–Trinajstić information content (AvgIpc) is 2.63. The van der Waals surface area contributed by atoms with Crippen LogP contribution in [0, 0.1) is 5.82 Å². The summed E-state index contributed by atoms with van der Waals surface area (Å²) < 4.78 is 12.8. The minimum Gasteiger partial charge on any atom is -0.354 e. The number of halogens is 1. The van der Waals surface area contributed by atoms with E-state index >= 15 is 0 Å². The van der Waals surface area contributed by atoms with Crippen LogP contribution in [0.3, 0.4) is 0 Å². The van der Waals surface area contributed by atoms with E-state index in [1.807, 2.05) is 6.07 Å². The molecule has 2 N–H and O–H groups in total. The molecule has 132 valence electrons. The van der Waals surface area contributed by atoms with Gasteiger partial charge in [-0.25, -0.2) is 4.39 Å². The molecule has 0 saturated heterocycles. The van der Waals surface area contributed by atoms with Crippen molar-refractivity contribution in [3.05, 3.63) is 66.0 Å². The Morgan fingerprint density at radius 1 is 1.08 bits per heavy atom. The van der Waals surface area contributed by atoms with Crippen molar-refractivity contribution < 1.29 is 14.0 Å². The summed E-state index contributed by atoms with van der Waals surface area (Å²) in [5.41, 5.74) is 0.526. The molecule has 0 aliphatic heterocycles. The normalized spacial score (nSPS) is 11.6. The molecule has 0 heterocycles. The Hall–Kier alpha value is -2.34. The molecule has 0 saturated carbocycles. The van der Waals surface area contributed by atoms with E-state index in [0.717, 1.165) is 17.1 Å². The molecule has 0 aromatic heterocycles. The summed E-state index contributed by atoms with van der Waals surface area (Å²) in [5, 5.41) is 5.48. The molecule has 6 heteroatoms. The lowest BCUT2D eigenvalue weighted by Crippen LogP contribution is -2.45. The van der Waals surface area contributed by atoms with Gasteiger partial charge in [0.05, 0.1) is 0 Å². The Morgan fingerprint density at radius 3 is 2.44 bits per heavy atom. The average molecular weight is 360 g/mol. The van der Waals surface area contributed by atoms with E-state index in [-0.39, 0.29) is 17.6 Å². The van der Waals surface area contributed by atoms with Crippen LogP contribution < -0.4 is 10.6 Å². The van der Waals surface area contributed by atoms with Crippen molar-refractivity contribution in [3.63, 3.8) is 0 Å². The van der Waals surface area contributed by atoms with Crippen LogP contribution in [0.2, 0.25) is 0 Å². The first-order valence-corrected chi connectivity index (χ1v) is 9.07. The summed E-state index contributed by atoms with van der Waals surface area (Å²) in [4.78, 5) is 25.0. The number of amides is 2. The summed E-state index contributed by atoms with van der Waals surface area (Å²) in [6.45, 7) is 2.18. The Kier molecular flexibility index (Phi) is 7.47. The Bertz CT molecular complexity index is 692. The predicted octanol–water partition coefficient (Wildman–Crippen LogP) is 3.24. The molecule has 2 rings (SSSR count). The smallest absolute Gasteiger partial charge is 0.251 e. The second-order valence-corrected chi connectivity index (χ2v) is 6.68. The number of nitrogens with one attached hydrogen (secondary N) is 2. The molecule has 2 amide bonds. The van der Waals surface area contributed by atoms with Crippen molar-refractivity contribution in [2.45, 2.75) is 24.3 Å². The molecule has 1 atom stereocenters. The maximum atomic E-state index is 12.8. The van der Waals surface area contributed by atoms with Crippen molar-refractivity contribution in [2.75, 3.05) is 12.3 Å². The first-order valence-electron chi connectivity index (χ1n) is 8.08. The molecule has 0 radical (unpaired) electrons. The first-order chi connectivity index (χ1) is 12.1.